The SMILES string of the molecule is Cc1ccc(CC(=O)N2CCC3(CC2)CC(C(=O)O)N(C(=O)c2cnon2)C3)cc1. The van der Waals surface area contributed by atoms with E-state index in [1.165, 1.54) is 11.1 Å². The lowest BCUT2D eigenvalue weighted by atomic mass is 9.76. The molecule has 1 spiro atoms. The highest BCUT2D eigenvalue weighted by atomic mass is 16.6. The van der Waals surface area contributed by atoms with Crippen molar-refractivity contribution in [3.63, 3.8) is 0 Å². The summed E-state index contributed by atoms with van der Waals surface area (Å²) >= 11 is 0. The number of amides is 2. The van der Waals surface area contributed by atoms with Gasteiger partial charge in [-0.15, -0.1) is 0 Å². The molecule has 30 heavy (non-hydrogen) atoms. The van der Waals surface area contributed by atoms with Crippen molar-refractivity contribution in [2.75, 3.05) is 19.6 Å². The van der Waals surface area contributed by atoms with Gasteiger partial charge in [-0.1, -0.05) is 35.0 Å². The number of aromatic nitrogens is 2. The standard InChI is InChI=1S/C21H24N4O5/c1-14-2-4-15(5-3-14)10-18(26)24-8-6-21(7-9-24)11-17(20(28)29)25(13-21)19(27)16-12-22-30-23-16/h2-5,12,17H,6-11,13H2,1H3,(H,28,29). The summed E-state index contributed by atoms with van der Waals surface area (Å²) in [6.45, 7) is 3.46. The van der Waals surface area contributed by atoms with Crippen LogP contribution < -0.4 is 0 Å². The average molecular weight is 412 g/mol. The Kier molecular flexibility index (Phi) is 5.27. The number of rotatable bonds is 4. The molecule has 1 atom stereocenters. The summed E-state index contributed by atoms with van der Waals surface area (Å²) in [5, 5.41) is 16.6. The molecule has 2 aliphatic heterocycles. The van der Waals surface area contributed by atoms with E-state index in [1.54, 1.807) is 0 Å². The second kappa shape index (κ2) is 7.89. The molecule has 0 saturated carbocycles. The van der Waals surface area contributed by atoms with E-state index >= 15 is 0 Å². The summed E-state index contributed by atoms with van der Waals surface area (Å²) in [4.78, 5) is 40.4. The predicted octanol–water partition coefficient (Wildman–Crippen LogP) is 1.53. The summed E-state index contributed by atoms with van der Waals surface area (Å²) < 4.78 is 4.48. The van der Waals surface area contributed by atoms with Crippen LogP contribution in [0.15, 0.2) is 35.1 Å². The fraction of sp³-hybridized carbons (Fsp3) is 0.476. The molecule has 1 aromatic heterocycles. The maximum Gasteiger partial charge on any atom is 0.326 e. The van der Waals surface area contributed by atoms with E-state index in [0.717, 1.165) is 11.1 Å². The number of likely N-dealkylation sites (tertiary alicyclic amines) is 2. The van der Waals surface area contributed by atoms with Crippen molar-refractivity contribution in [2.24, 2.45) is 5.41 Å². The van der Waals surface area contributed by atoms with Gasteiger partial charge < -0.3 is 14.9 Å². The highest BCUT2D eigenvalue weighted by Gasteiger charge is 2.50. The first kappa shape index (κ1) is 20.1. The van der Waals surface area contributed by atoms with Gasteiger partial charge >= 0.3 is 5.97 Å². The summed E-state index contributed by atoms with van der Waals surface area (Å²) in [6.07, 6.45) is 3.25. The molecule has 3 heterocycles. The zero-order valence-electron chi connectivity index (χ0n) is 16.8. The monoisotopic (exact) mass is 412 g/mol. The Morgan fingerprint density at radius 1 is 1.20 bits per heavy atom. The van der Waals surface area contributed by atoms with Gasteiger partial charge in [-0.3, -0.25) is 9.59 Å². The van der Waals surface area contributed by atoms with Crippen LogP contribution in [-0.2, 0) is 16.0 Å². The van der Waals surface area contributed by atoms with E-state index in [0.29, 0.717) is 45.3 Å². The van der Waals surface area contributed by atoms with Crippen molar-refractivity contribution in [3.8, 4) is 0 Å². The minimum absolute atomic E-state index is 0.00371. The molecular weight excluding hydrogens is 388 g/mol. The molecule has 2 saturated heterocycles. The van der Waals surface area contributed by atoms with Gasteiger partial charge in [-0.25, -0.2) is 9.42 Å². The van der Waals surface area contributed by atoms with Crippen LogP contribution in [0.2, 0.25) is 0 Å². The van der Waals surface area contributed by atoms with Crippen LogP contribution >= 0.6 is 0 Å². The minimum atomic E-state index is -1.03. The fourth-order valence-corrected chi connectivity index (χ4v) is 4.48. The molecule has 9 nitrogen and oxygen atoms in total. The minimum Gasteiger partial charge on any atom is -0.480 e. The lowest BCUT2D eigenvalue weighted by Gasteiger charge is -2.39. The maximum atomic E-state index is 12.7. The second-order valence-corrected chi connectivity index (χ2v) is 8.33. The van der Waals surface area contributed by atoms with E-state index in [1.807, 2.05) is 36.1 Å². The highest BCUT2D eigenvalue weighted by Crippen LogP contribution is 2.44. The van der Waals surface area contributed by atoms with Crippen molar-refractivity contribution in [1.82, 2.24) is 20.1 Å². The van der Waals surface area contributed by atoms with Crippen LogP contribution in [0.25, 0.3) is 0 Å². The molecule has 4 rings (SSSR count). The Balaban J connectivity index is 1.40. The van der Waals surface area contributed by atoms with Crippen LogP contribution in [-0.4, -0.2) is 68.7 Å². The summed E-state index contributed by atoms with van der Waals surface area (Å²) in [6, 6.07) is 7.01. The molecule has 1 aromatic carbocycles. The first-order chi connectivity index (χ1) is 14.4. The largest absolute Gasteiger partial charge is 0.480 e. The van der Waals surface area contributed by atoms with Gasteiger partial charge in [0.05, 0.1) is 6.42 Å². The van der Waals surface area contributed by atoms with Crippen molar-refractivity contribution in [3.05, 3.63) is 47.3 Å². The number of carbonyl (C=O) groups is 3. The van der Waals surface area contributed by atoms with E-state index in [-0.39, 0.29) is 17.0 Å². The molecule has 2 aliphatic rings. The average Bonchev–Trinajstić information content (AvgIpc) is 3.39. The van der Waals surface area contributed by atoms with E-state index in [2.05, 4.69) is 14.9 Å². The lowest BCUT2D eigenvalue weighted by molar-refractivity contribution is -0.141. The molecule has 158 valence electrons. The van der Waals surface area contributed by atoms with Crippen LogP contribution in [0.5, 0.6) is 0 Å². The molecule has 2 amide bonds. The third kappa shape index (κ3) is 3.92. The first-order valence-corrected chi connectivity index (χ1v) is 10.0. The molecular formula is C21H24N4O5. The zero-order chi connectivity index (χ0) is 21.3. The molecule has 2 fully saturated rings. The highest BCUT2D eigenvalue weighted by molar-refractivity contribution is 5.95. The quantitative estimate of drug-likeness (QED) is 0.809. The fourth-order valence-electron chi connectivity index (χ4n) is 4.48. The molecule has 0 bridgehead atoms. The maximum absolute atomic E-state index is 12.7. The van der Waals surface area contributed by atoms with Crippen LogP contribution in [0.3, 0.4) is 0 Å². The lowest BCUT2D eigenvalue weighted by Crippen LogP contribution is -2.45. The van der Waals surface area contributed by atoms with Crippen LogP contribution in [0.4, 0.5) is 0 Å². The molecule has 1 unspecified atom stereocenters. The van der Waals surface area contributed by atoms with Gasteiger partial charge in [0.1, 0.15) is 12.2 Å². The Hall–Kier alpha value is -3.23. The van der Waals surface area contributed by atoms with Crippen molar-refractivity contribution in [2.45, 2.75) is 38.6 Å². The number of aliphatic carboxylic acids is 1. The molecule has 2 aromatic rings. The number of benzene rings is 1. The van der Waals surface area contributed by atoms with Crippen LogP contribution in [0.1, 0.15) is 40.9 Å². The second-order valence-electron chi connectivity index (χ2n) is 8.33. The molecule has 0 aliphatic carbocycles. The third-order valence-electron chi connectivity index (χ3n) is 6.29. The normalized spacial score (nSPS) is 20.5. The number of piperidine rings is 1. The summed E-state index contributed by atoms with van der Waals surface area (Å²) in [5.74, 6) is -1.45. The third-order valence-corrected chi connectivity index (χ3v) is 6.29. The van der Waals surface area contributed by atoms with E-state index < -0.39 is 17.9 Å². The summed E-state index contributed by atoms with van der Waals surface area (Å²) in [7, 11) is 0. The number of carbonyl (C=O) groups excluding carboxylic acids is 2. The Morgan fingerprint density at radius 2 is 1.90 bits per heavy atom. The predicted molar refractivity (Wildman–Crippen MR) is 105 cm³/mol. The van der Waals surface area contributed by atoms with Crippen LogP contribution in [0, 0.1) is 12.3 Å². The number of carboxylic acid groups (broad SMARTS) is 1. The zero-order valence-corrected chi connectivity index (χ0v) is 16.8. The van der Waals surface area contributed by atoms with E-state index in [4.69, 9.17) is 0 Å². The number of aryl methyl sites for hydroxylation is 1. The topological polar surface area (TPSA) is 117 Å². The van der Waals surface area contributed by atoms with Gasteiger partial charge in [0.15, 0.2) is 5.69 Å². The molecule has 0 radical (unpaired) electrons. The van der Waals surface area contributed by atoms with Gasteiger partial charge in [-0.05, 0) is 42.3 Å². The first-order valence-electron chi connectivity index (χ1n) is 10.0. The number of carboxylic acids is 1. The van der Waals surface area contributed by atoms with Crippen molar-refractivity contribution >= 4 is 17.8 Å². The Labute approximate surface area is 173 Å². The number of nitrogens with zero attached hydrogens (tertiary/aromatic N) is 4. The Morgan fingerprint density at radius 3 is 2.50 bits per heavy atom. The van der Waals surface area contributed by atoms with Gasteiger partial charge in [0.25, 0.3) is 5.91 Å². The van der Waals surface area contributed by atoms with Gasteiger partial charge in [0, 0.05) is 19.6 Å². The van der Waals surface area contributed by atoms with Gasteiger partial charge in [-0.2, -0.15) is 0 Å². The Bertz CT molecular complexity index is 933. The molecule has 9 heteroatoms. The number of hydrogen-bond donors (Lipinski definition) is 1. The smallest absolute Gasteiger partial charge is 0.326 e. The number of hydrogen-bond acceptors (Lipinski definition) is 6. The molecule has 1 N–H and O–H groups in total. The van der Waals surface area contributed by atoms with E-state index in [9.17, 15) is 19.5 Å². The van der Waals surface area contributed by atoms with Crippen molar-refractivity contribution in [1.29, 1.82) is 0 Å². The summed E-state index contributed by atoms with van der Waals surface area (Å²) in [5.41, 5.74) is 1.83. The van der Waals surface area contributed by atoms with Gasteiger partial charge in [0.2, 0.25) is 5.91 Å². The van der Waals surface area contributed by atoms with Crippen molar-refractivity contribution < 1.29 is 24.1 Å².